The minimum absolute atomic E-state index is 0.0529. The zero-order chi connectivity index (χ0) is 14.5. The maximum Gasteiger partial charge on any atom is 0.328 e. The number of ether oxygens (including phenoxy) is 1. The van der Waals surface area contributed by atoms with Gasteiger partial charge in [-0.25, -0.2) is 4.79 Å². The van der Waals surface area contributed by atoms with Crippen molar-refractivity contribution in [2.45, 2.75) is 32.2 Å². The molecule has 0 radical (unpaired) electrons. The van der Waals surface area contributed by atoms with E-state index < -0.39 is 6.04 Å². The van der Waals surface area contributed by atoms with Crippen LogP contribution in [-0.2, 0) is 20.7 Å². The van der Waals surface area contributed by atoms with Gasteiger partial charge in [0.1, 0.15) is 6.04 Å². The van der Waals surface area contributed by atoms with E-state index >= 15 is 0 Å². The summed E-state index contributed by atoms with van der Waals surface area (Å²) < 4.78 is 5.02. The summed E-state index contributed by atoms with van der Waals surface area (Å²) in [5.74, 6) is -0.354. The van der Waals surface area contributed by atoms with Crippen LogP contribution in [0.15, 0.2) is 24.3 Å². The molecule has 1 amide bonds. The van der Waals surface area contributed by atoms with Crippen molar-refractivity contribution in [1.29, 1.82) is 0 Å². The summed E-state index contributed by atoms with van der Waals surface area (Å²) >= 11 is 5.91. The number of nitrogens with zero attached hydrogens (tertiary/aromatic N) is 1. The normalized spacial score (nSPS) is 18.1. The van der Waals surface area contributed by atoms with Gasteiger partial charge in [-0.1, -0.05) is 23.7 Å². The Hall–Kier alpha value is -1.55. The fourth-order valence-electron chi connectivity index (χ4n) is 2.47. The van der Waals surface area contributed by atoms with E-state index in [1.165, 1.54) is 0 Å². The zero-order valence-corrected chi connectivity index (χ0v) is 12.2. The fraction of sp³-hybridized carbons (Fsp3) is 0.467. The first kappa shape index (κ1) is 14.9. The number of likely N-dealkylation sites (tertiary alicyclic amines) is 1. The van der Waals surface area contributed by atoms with E-state index in [4.69, 9.17) is 16.3 Å². The van der Waals surface area contributed by atoms with Crippen LogP contribution in [0.1, 0.15) is 25.3 Å². The number of benzene rings is 1. The summed E-state index contributed by atoms with van der Waals surface area (Å²) in [5, 5.41) is 0.610. The standard InChI is InChI=1S/C15H18ClNO3/c1-2-20-15(19)13-7-4-8-17(13)14(18)10-11-5-3-6-12(16)9-11/h3,5-6,9,13H,2,4,7-8,10H2,1H3. The fourth-order valence-corrected chi connectivity index (χ4v) is 2.68. The smallest absolute Gasteiger partial charge is 0.328 e. The topological polar surface area (TPSA) is 46.6 Å². The van der Waals surface area contributed by atoms with E-state index in [2.05, 4.69) is 0 Å². The molecule has 4 nitrogen and oxygen atoms in total. The first-order valence-electron chi connectivity index (χ1n) is 6.82. The van der Waals surface area contributed by atoms with Gasteiger partial charge in [-0.15, -0.1) is 0 Å². The molecular formula is C15H18ClNO3. The van der Waals surface area contributed by atoms with Crippen molar-refractivity contribution in [2.75, 3.05) is 13.2 Å². The van der Waals surface area contributed by atoms with Crippen LogP contribution in [0.25, 0.3) is 0 Å². The predicted molar refractivity (Wildman–Crippen MR) is 76.5 cm³/mol. The summed E-state index contributed by atoms with van der Waals surface area (Å²) in [4.78, 5) is 25.8. The van der Waals surface area contributed by atoms with Crippen molar-refractivity contribution in [1.82, 2.24) is 4.90 Å². The average Bonchev–Trinajstić information content (AvgIpc) is 2.88. The lowest BCUT2D eigenvalue weighted by molar-refractivity contribution is -0.152. The molecule has 1 aromatic carbocycles. The number of amides is 1. The van der Waals surface area contributed by atoms with Gasteiger partial charge in [-0.3, -0.25) is 4.79 Å². The predicted octanol–water partition coefficient (Wildman–Crippen LogP) is 2.44. The molecule has 0 aromatic heterocycles. The highest BCUT2D eigenvalue weighted by molar-refractivity contribution is 6.30. The third-order valence-corrected chi connectivity index (χ3v) is 3.61. The molecule has 1 aliphatic heterocycles. The molecule has 20 heavy (non-hydrogen) atoms. The number of carbonyl (C=O) groups excluding carboxylic acids is 2. The van der Waals surface area contributed by atoms with Crippen molar-refractivity contribution >= 4 is 23.5 Å². The van der Waals surface area contributed by atoms with E-state index in [0.717, 1.165) is 12.0 Å². The average molecular weight is 296 g/mol. The van der Waals surface area contributed by atoms with Crippen LogP contribution in [-0.4, -0.2) is 36.0 Å². The van der Waals surface area contributed by atoms with Crippen molar-refractivity contribution in [3.8, 4) is 0 Å². The van der Waals surface area contributed by atoms with Crippen molar-refractivity contribution < 1.29 is 14.3 Å². The summed E-state index contributed by atoms with van der Waals surface area (Å²) in [6.07, 6.45) is 1.78. The highest BCUT2D eigenvalue weighted by Gasteiger charge is 2.34. The van der Waals surface area contributed by atoms with Gasteiger partial charge in [0.15, 0.2) is 0 Å². The Bertz CT molecular complexity index is 504. The second kappa shape index (κ2) is 6.75. The Morgan fingerprint density at radius 1 is 1.45 bits per heavy atom. The second-order valence-electron chi connectivity index (χ2n) is 4.80. The quantitative estimate of drug-likeness (QED) is 0.802. The van der Waals surface area contributed by atoms with E-state index in [1.807, 2.05) is 12.1 Å². The van der Waals surface area contributed by atoms with E-state index in [9.17, 15) is 9.59 Å². The minimum atomic E-state index is -0.429. The molecule has 1 aromatic rings. The summed E-state index contributed by atoms with van der Waals surface area (Å²) in [6, 6.07) is 6.79. The molecule has 0 bridgehead atoms. The molecule has 5 heteroatoms. The molecule has 1 atom stereocenters. The number of rotatable bonds is 4. The third-order valence-electron chi connectivity index (χ3n) is 3.38. The van der Waals surface area contributed by atoms with Gasteiger partial charge in [0.25, 0.3) is 0 Å². The molecule has 0 saturated carbocycles. The summed E-state index contributed by atoms with van der Waals surface area (Å²) in [7, 11) is 0. The van der Waals surface area contributed by atoms with Crippen LogP contribution in [0.4, 0.5) is 0 Å². The highest BCUT2D eigenvalue weighted by atomic mass is 35.5. The first-order valence-corrected chi connectivity index (χ1v) is 7.20. The number of carbonyl (C=O) groups is 2. The first-order chi connectivity index (χ1) is 9.61. The molecule has 0 aliphatic carbocycles. The molecule has 108 valence electrons. The minimum Gasteiger partial charge on any atom is -0.464 e. The monoisotopic (exact) mass is 295 g/mol. The molecule has 2 rings (SSSR count). The van der Waals surface area contributed by atoms with Gasteiger partial charge < -0.3 is 9.64 Å². The second-order valence-corrected chi connectivity index (χ2v) is 5.24. The highest BCUT2D eigenvalue weighted by Crippen LogP contribution is 2.20. The summed E-state index contributed by atoms with van der Waals surface area (Å²) in [6.45, 7) is 2.72. The maximum atomic E-state index is 12.3. The zero-order valence-electron chi connectivity index (χ0n) is 11.5. The van der Waals surface area contributed by atoms with Crippen molar-refractivity contribution in [3.63, 3.8) is 0 Å². The van der Waals surface area contributed by atoms with Crippen LogP contribution in [0.3, 0.4) is 0 Å². The number of esters is 1. The number of halogens is 1. The van der Waals surface area contributed by atoms with Gasteiger partial charge in [0.2, 0.25) is 5.91 Å². The summed E-state index contributed by atoms with van der Waals surface area (Å²) in [5.41, 5.74) is 0.858. The van der Waals surface area contributed by atoms with Crippen molar-refractivity contribution in [2.24, 2.45) is 0 Å². The lowest BCUT2D eigenvalue weighted by Gasteiger charge is -2.23. The van der Waals surface area contributed by atoms with Crippen LogP contribution in [0.5, 0.6) is 0 Å². The van der Waals surface area contributed by atoms with Gasteiger partial charge in [0.05, 0.1) is 13.0 Å². The number of hydrogen-bond acceptors (Lipinski definition) is 3. The Labute approximate surface area is 123 Å². The third kappa shape index (κ3) is 3.51. The Morgan fingerprint density at radius 3 is 2.95 bits per heavy atom. The van der Waals surface area contributed by atoms with E-state index in [0.29, 0.717) is 24.6 Å². The molecule has 0 N–H and O–H groups in total. The molecule has 1 saturated heterocycles. The molecular weight excluding hydrogens is 278 g/mol. The van der Waals surface area contributed by atoms with E-state index in [-0.39, 0.29) is 18.3 Å². The van der Waals surface area contributed by atoms with E-state index in [1.54, 1.807) is 24.0 Å². The Balaban J connectivity index is 2.02. The Kier molecular flexibility index (Phi) is 5.01. The van der Waals surface area contributed by atoms with Gasteiger partial charge in [0, 0.05) is 11.6 Å². The van der Waals surface area contributed by atoms with Crippen LogP contribution in [0, 0.1) is 0 Å². The largest absolute Gasteiger partial charge is 0.464 e. The molecule has 1 unspecified atom stereocenters. The van der Waals surface area contributed by atoms with Crippen LogP contribution >= 0.6 is 11.6 Å². The Morgan fingerprint density at radius 2 is 2.25 bits per heavy atom. The van der Waals surface area contributed by atoms with Crippen molar-refractivity contribution in [3.05, 3.63) is 34.9 Å². The lowest BCUT2D eigenvalue weighted by Crippen LogP contribution is -2.42. The lowest BCUT2D eigenvalue weighted by atomic mass is 10.1. The van der Waals surface area contributed by atoms with Gasteiger partial charge >= 0.3 is 5.97 Å². The molecule has 1 fully saturated rings. The molecule has 1 heterocycles. The van der Waals surface area contributed by atoms with Crippen LogP contribution < -0.4 is 0 Å². The molecule has 1 aliphatic rings. The van der Waals surface area contributed by atoms with Crippen LogP contribution in [0.2, 0.25) is 5.02 Å². The molecule has 0 spiro atoms. The van der Waals surface area contributed by atoms with Gasteiger partial charge in [-0.2, -0.15) is 0 Å². The SMILES string of the molecule is CCOC(=O)C1CCCN1C(=O)Cc1cccc(Cl)c1. The number of hydrogen-bond donors (Lipinski definition) is 0. The van der Waals surface area contributed by atoms with Gasteiger partial charge in [-0.05, 0) is 37.5 Å². The maximum absolute atomic E-state index is 12.3.